The first-order valence-electron chi connectivity index (χ1n) is 7.39. The van der Waals surface area contributed by atoms with E-state index in [9.17, 15) is 15.2 Å². The number of benzene rings is 1. The van der Waals surface area contributed by atoms with Crippen molar-refractivity contribution >= 4 is 11.4 Å². The molecule has 0 aromatic heterocycles. The second-order valence-corrected chi connectivity index (χ2v) is 5.65. The number of rotatable bonds is 6. The maximum Gasteiger partial charge on any atom is 0.292 e. The Morgan fingerprint density at radius 3 is 2.67 bits per heavy atom. The van der Waals surface area contributed by atoms with E-state index in [1.807, 2.05) is 11.9 Å². The van der Waals surface area contributed by atoms with Crippen LogP contribution in [0.25, 0.3) is 0 Å². The van der Waals surface area contributed by atoms with Crippen LogP contribution in [0.15, 0.2) is 18.2 Å². The monoisotopic (exact) mass is 293 g/mol. The second-order valence-electron chi connectivity index (χ2n) is 5.65. The van der Waals surface area contributed by atoms with Gasteiger partial charge in [0.25, 0.3) is 5.69 Å². The molecule has 2 rings (SSSR count). The van der Waals surface area contributed by atoms with Crippen molar-refractivity contribution < 1.29 is 10.0 Å². The number of aliphatic hydroxyl groups is 1. The first-order chi connectivity index (χ1) is 9.99. The summed E-state index contributed by atoms with van der Waals surface area (Å²) in [5.74, 6) is 0. The van der Waals surface area contributed by atoms with Crippen LogP contribution in [0.4, 0.5) is 11.4 Å². The molecule has 0 amide bonds. The maximum absolute atomic E-state index is 11.2. The predicted molar refractivity (Wildman–Crippen MR) is 82.7 cm³/mol. The standard InChI is InChI=1S/C15H23N3O3/c1-12(19)13-5-6-14(15(11-13)18(20)21)16(2)9-10-17-7-3-4-8-17/h5-6,11-12,19H,3-4,7-10H2,1-2H3/t12-/m1/s1. The van der Waals surface area contributed by atoms with Gasteiger partial charge in [-0.15, -0.1) is 0 Å². The van der Waals surface area contributed by atoms with E-state index in [-0.39, 0.29) is 10.6 Å². The Bertz CT molecular complexity index is 499. The molecule has 0 unspecified atom stereocenters. The van der Waals surface area contributed by atoms with Crippen molar-refractivity contribution in [2.75, 3.05) is 38.1 Å². The Morgan fingerprint density at radius 2 is 2.10 bits per heavy atom. The van der Waals surface area contributed by atoms with Gasteiger partial charge in [0.2, 0.25) is 0 Å². The summed E-state index contributed by atoms with van der Waals surface area (Å²) in [6.07, 6.45) is 1.78. The Kier molecular flexibility index (Phi) is 5.14. The molecule has 1 saturated heterocycles. The zero-order chi connectivity index (χ0) is 15.4. The summed E-state index contributed by atoms with van der Waals surface area (Å²) in [5, 5.41) is 20.8. The van der Waals surface area contributed by atoms with Gasteiger partial charge in [-0.05, 0) is 44.5 Å². The predicted octanol–water partition coefficient (Wildman–Crippen LogP) is 2.18. The first-order valence-corrected chi connectivity index (χ1v) is 7.39. The highest BCUT2D eigenvalue weighted by atomic mass is 16.6. The van der Waals surface area contributed by atoms with Crippen LogP contribution in [0.1, 0.15) is 31.4 Å². The molecule has 0 bridgehead atoms. The number of likely N-dealkylation sites (N-methyl/N-ethyl adjacent to an activating group) is 1. The van der Waals surface area contributed by atoms with E-state index in [2.05, 4.69) is 4.90 Å². The Labute approximate surface area is 125 Å². The summed E-state index contributed by atoms with van der Waals surface area (Å²) in [4.78, 5) is 15.2. The molecule has 0 saturated carbocycles. The SMILES string of the molecule is C[C@@H](O)c1ccc(N(C)CCN2CCCC2)c([N+](=O)[O-])c1. The highest BCUT2D eigenvalue weighted by Crippen LogP contribution is 2.30. The molecule has 116 valence electrons. The van der Waals surface area contributed by atoms with Gasteiger partial charge in [-0.1, -0.05) is 6.07 Å². The summed E-state index contributed by atoms with van der Waals surface area (Å²) in [6.45, 7) is 5.53. The van der Waals surface area contributed by atoms with Crippen molar-refractivity contribution in [3.05, 3.63) is 33.9 Å². The normalized spacial score (nSPS) is 16.9. The second kappa shape index (κ2) is 6.87. The van der Waals surface area contributed by atoms with Crippen LogP contribution in [-0.4, -0.2) is 48.2 Å². The number of hydrogen-bond donors (Lipinski definition) is 1. The topological polar surface area (TPSA) is 69.8 Å². The number of anilines is 1. The molecule has 21 heavy (non-hydrogen) atoms. The van der Waals surface area contributed by atoms with Crippen LogP contribution >= 0.6 is 0 Å². The van der Waals surface area contributed by atoms with Crippen LogP contribution in [0.2, 0.25) is 0 Å². The minimum Gasteiger partial charge on any atom is -0.389 e. The fourth-order valence-corrected chi connectivity index (χ4v) is 2.69. The van der Waals surface area contributed by atoms with Crippen molar-refractivity contribution in [2.24, 2.45) is 0 Å². The van der Waals surface area contributed by atoms with E-state index in [1.54, 1.807) is 19.1 Å². The summed E-state index contributed by atoms with van der Waals surface area (Å²) in [6, 6.07) is 4.94. The number of hydrogen-bond acceptors (Lipinski definition) is 5. The van der Waals surface area contributed by atoms with Gasteiger partial charge in [0.05, 0.1) is 11.0 Å². The van der Waals surface area contributed by atoms with Gasteiger partial charge in [0.1, 0.15) is 5.69 Å². The van der Waals surface area contributed by atoms with E-state index in [1.165, 1.54) is 18.9 Å². The summed E-state index contributed by atoms with van der Waals surface area (Å²) in [5.41, 5.74) is 1.22. The molecule has 1 atom stereocenters. The molecule has 1 aromatic rings. The molecule has 1 heterocycles. The van der Waals surface area contributed by atoms with Crippen LogP contribution in [0.3, 0.4) is 0 Å². The summed E-state index contributed by atoms with van der Waals surface area (Å²) < 4.78 is 0. The molecule has 1 N–H and O–H groups in total. The van der Waals surface area contributed by atoms with Gasteiger partial charge in [-0.2, -0.15) is 0 Å². The lowest BCUT2D eigenvalue weighted by Crippen LogP contribution is -2.31. The van der Waals surface area contributed by atoms with E-state index in [4.69, 9.17) is 0 Å². The Morgan fingerprint density at radius 1 is 1.43 bits per heavy atom. The van der Waals surface area contributed by atoms with Crippen molar-refractivity contribution in [2.45, 2.75) is 25.9 Å². The molecular weight excluding hydrogens is 270 g/mol. The number of likely N-dealkylation sites (tertiary alicyclic amines) is 1. The van der Waals surface area contributed by atoms with Crippen LogP contribution in [-0.2, 0) is 0 Å². The Balaban J connectivity index is 2.11. The average Bonchev–Trinajstić information content (AvgIpc) is 2.97. The van der Waals surface area contributed by atoms with Crippen LogP contribution in [0, 0.1) is 10.1 Å². The largest absolute Gasteiger partial charge is 0.389 e. The summed E-state index contributed by atoms with van der Waals surface area (Å²) >= 11 is 0. The van der Waals surface area contributed by atoms with Crippen LogP contribution < -0.4 is 4.90 Å². The minimum atomic E-state index is -0.701. The quantitative estimate of drug-likeness (QED) is 0.643. The maximum atomic E-state index is 11.2. The average molecular weight is 293 g/mol. The molecule has 0 spiro atoms. The molecule has 1 aliphatic heterocycles. The van der Waals surface area contributed by atoms with Crippen molar-refractivity contribution in [3.63, 3.8) is 0 Å². The lowest BCUT2D eigenvalue weighted by molar-refractivity contribution is -0.384. The number of aliphatic hydroxyl groups excluding tert-OH is 1. The molecule has 6 nitrogen and oxygen atoms in total. The molecule has 0 radical (unpaired) electrons. The molecule has 1 aromatic carbocycles. The minimum absolute atomic E-state index is 0.0531. The van der Waals surface area contributed by atoms with Crippen molar-refractivity contribution in [3.8, 4) is 0 Å². The fraction of sp³-hybridized carbons (Fsp3) is 0.600. The Hall–Kier alpha value is -1.66. The summed E-state index contributed by atoms with van der Waals surface area (Å²) in [7, 11) is 1.88. The van der Waals surface area contributed by atoms with Gasteiger partial charge < -0.3 is 14.9 Å². The molecule has 0 aliphatic carbocycles. The lowest BCUT2D eigenvalue weighted by Gasteiger charge is -2.23. The van der Waals surface area contributed by atoms with Gasteiger partial charge in [0.15, 0.2) is 0 Å². The smallest absolute Gasteiger partial charge is 0.292 e. The van der Waals surface area contributed by atoms with Crippen molar-refractivity contribution in [1.29, 1.82) is 0 Å². The molecular formula is C15H23N3O3. The third-order valence-electron chi connectivity index (χ3n) is 4.04. The van der Waals surface area contributed by atoms with E-state index in [0.717, 1.165) is 26.2 Å². The molecule has 6 heteroatoms. The van der Waals surface area contributed by atoms with Gasteiger partial charge in [-0.3, -0.25) is 10.1 Å². The number of nitro groups is 1. The molecule has 1 fully saturated rings. The number of nitrogens with zero attached hydrogens (tertiary/aromatic N) is 3. The van der Waals surface area contributed by atoms with Crippen molar-refractivity contribution in [1.82, 2.24) is 4.90 Å². The fourth-order valence-electron chi connectivity index (χ4n) is 2.69. The van der Waals surface area contributed by atoms with E-state index in [0.29, 0.717) is 11.3 Å². The van der Waals surface area contributed by atoms with Gasteiger partial charge in [-0.25, -0.2) is 0 Å². The van der Waals surface area contributed by atoms with Gasteiger partial charge in [0, 0.05) is 26.2 Å². The van der Waals surface area contributed by atoms with Crippen LogP contribution in [0.5, 0.6) is 0 Å². The third-order valence-corrected chi connectivity index (χ3v) is 4.04. The third kappa shape index (κ3) is 3.92. The molecule has 1 aliphatic rings. The van der Waals surface area contributed by atoms with E-state index >= 15 is 0 Å². The number of nitro benzene ring substituents is 1. The highest BCUT2D eigenvalue weighted by molar-refractivity contribution is 5.64. The van der Waals surface area contributed by atoms with Gasteiger partial charge >= 0.3 is 0 Å². The highest BCUT2D eigenvalue weighted by Gasteiger charge is 2.20. The zero-order valence-corrected chi connectivity index (χ0v) is 12.7. The van der Waals surface area contributed by atoms with E-state index < -0.39 is 6.10 Å². The zero-order valence-electron chi connectivity index (χ0n) is 12.7. The lowest BCUT2D eigenvalue weighted by atomic mass is 10.1. The first kappa shape index (κ1) is 15.7.